The zero-order valence-corrected chi connectivity index (χ0v) is 15.9. The van der Waals surface area contributed by atoms with Crippen molar-refractivity contribution < 1.29 is 27.5 Å². The second kappa shape index (κ2) is 8.65. The van der Waals surface area contributed by atoms with Crippen LogP contribution in [0, 0.1) is 0 Å². The van der Waals surface area contributed by atoms with Crippen LogP contribution in [0.2, 0.25) is 0 Å². The predicted octanol–water partition coefficient (Wildman–Crippen LogP) is 1.74. The van der Waals surface area contributed by atoms with E-state index >= 15 is 0 Å². The van der Waals surface area contributed by atoms with E-state index in [0.29, 0.717) is 5.56 Å². The first-order chi connectivity index (χ1) is 12.8. The number of hydrogen-bond donors (Lipinski definition) is 1. The van der Waals surface area contributed by atoms with Gasteiger partial charge >= 0.3 is 5.97 Å². The standard InChI is InChI=1S/C18H20N2O6S/c1-20(2)27(23,24)14-9-10-16(25-3)15(11-14)19-17(21)12-26-18(22)13-7-5-4-6-8-13/h4-11H,12H2,1-3H3,(H,19,21). The van der Waals surface area contributed by atoms with E-state index in [1.807, 2.05) is 0 Å². The molecule has 0 unspecified atom stereocenters. The number of benzene rings is 2. The quantitative estimate of drug-likeness (QED) is 0.720. The Bertz CT molecular complexity index is 926. The van der Waals surface area contributed by atoms with E-state index in [1.54, 1.807) is 30.3 Å². The molecule has 0 heterocycles. The lowest BCUT2D eigenvalue weighted by Gasteiger charge is -2.15. The summed E-state index contributed by atoms with van der Waals surface area (Å²) >= 11 is 0. The van der Waals surface area contributed by atoms with Gasteiger partial charge in [0.1, 0.15) is 5.75 Å². The van der Waals surface area contributed by atoms with Crippen molar-refractivity contribution in [2.45, 2.75) is 4.90 Å². The number of methoxy groups -OCH3 is 1. The number of rotatable bonds is 7. The lowest BCUT2D eigenvalue weighted by molar-refractivity contribution is -0.119. The molecule has 27 heavy (non-hydrogen) atoms. The fourth-order valence-electron chi connectivity index (χ4n) is 2.13. The maximum absolute atomic E-state index is 12.2. The van der Waals surface area contributed by atoms with Crippen LogP contribution >= 0.6 is 0 Å². The second-order valence-electron chi connectivity index (χ2n) is 5.64. The van der Waals surface area contributed by atoms with Crippen LogP contribution in [0.1, 0.15) is 10.4 Å². The molecule has 2 aromatic rings. The topological polar surface area (TPSA) is 102 Å². The van der Waals surface area contributed by atoms with Gasteiger partial charge in [-0.2, -0.15) is 0 Å². The molecule has 0 aromatic heterocycles. The largest absolute Gasteiger partial charge is 0.495 e. The molecule has 0 spiro atoms. The fourth-order valence-corrected chi connectivity index (χ4v) is 3.06. The Morgan fingerprint density at radius 1 is 1.07 bits per heavy atom. The summed E-state index contributed by atoms with van der Waals surface area (Å²) in [6, 6.07) is 12.3. The van der Waals surface area contributed by atoms with Gasteiger partial charge in [-0.05, 0) is 30.3 Å². The van der Waals surface area contributed by atoms with Crippen LogP contribution in [-0.2, 0) is 19.6 Å². The van der Waals surface area contributed by atoms with Crippen molar-refractivity contribution in [1.29, 1.82) is 0 Å². The molecule has 0 bridgehead atoms. The highest BCUT2D eigenvalue weighted by Crippen LogP contribution is 2.28. The molecule has 0 aliphatic heterocycles. The van der Waals surface area contributed by atoms with Crippen LogP contribution in [-0.4, -0.2) is 52.4 Å². The highest BCUT2D eigenvalue weighted by molar-refractivity contribution is 7.89. The van der Waals surface area contributed by atoms with Gasteiger partial charge < -0.3 is 14.8 Å². The smallest absolute Gasteiger partial charge is 0.338 e. The molecule has 0 saturated carbocycles. The van der Waals surface area contributed by atoms with Gasteiger partial charge in [0.25, 0.3) is 5.91 Å². The summed E-state index contributed by atoms with van der Waals surface area (Å²) < 4.78 is 35.6. The number of nitrogens with one attached hydrogen (secondary N) is 1. The lowest BCUT2D eigenvalue weighted by atomic mass is 10.2. The molecule has 1 amide bonds. The Morgan fingerprint density at radius 2 is 1.74 bits per heavy atom. The predicted molar refractivity (Wildman–Crippen MR) is 99.2 cm³/mol. The zero-order valence-electron chi connectivity index (χ0n) is 15.1. The number of esters is 1. The minimum absolute atomic E-state index is 0.00937. The summed E-state index contributed by atoms with van der Waals surface area (Å²) in [6.07, 6.45) is 0. The lowest BCUT2D eigenvalue weighted by Crippen LogP contribution is -2.23. The van der Waals surface area contributed by atoms with Gasteiger partial charge in [0.05, 0.1) is 23.3 Å². The van der Waals surface area contributed by atoms with Crippen molar-refractivity contribution in [2.24, 2.45) is 0 Å². The highest BCUT2D eigenvalue weighted by Gasteiger charge is 2.20. The molecule has 0 aliphatic rings. The summed E-state index contributed by atoms with van der Waals surface area (Å²) in [5.41, 5.74) is 0.475. The third-order valence-corrected chi connectivity index (χ3v) is 5.38. The number of carbonyl (C=O) groups is 2. The van der Waals surface area contributed by atoms with Gasteiger partial charge in [0.15, 0.2) is 6.61 Å². The average Bonchev–Trinajstić information content (AvgIpc) is 2.66. The molecule has 9 heteroatoms. The van der Waals surface area contributed by atoms with Crippen molar-refractivity contribution in [3.8, 4) is 5.75 Å². The number of amides is 1. The first kappa shape index (κ1) is 20.4. The third kappa shape index (κ3) is 5.05. The Morgan fingerprint density at radius 3 is 2.33 bits per heavy atom. The van der Waals surface area contributed by atoms with E-state index in [-0.39, 0.29) is 16.3 Å². The molecule has 0 fully saturated rings. The molecular weight excluding hydrogens is 372 g/mol. The van der Waals surface area contributed by atoms with Crippen molar-refractivity contribution in [3.63, 3.8) is 0 Å². The summed E-state index contributed by atoms with van der Waals surface area (Å²) in [5.74, 6) is -0.992. The van der Waals surface area contributed by atoms with E-state index in [4.69, 9.17) is 9.47 Å². The monoisotopic (exact) mass is 392 g/mol. The molecule has 2 aromatic carbocycles. The van der Waals surface area contributed by atoms with E-state index in [9.17, 15) is 18.0 Å². The molecule has 144 valence electrons. The summed E-state index contributed by atoms with van der Waals surface area (Å²) in [4.78, 5) is 24.0. The van der Waals surface area contributed by atoms with Crippen molar-refractivity contribution >= 4 is 27.6 Å². The molecule has 0 saturated heterocycles. The minimum atomic E-state index is -3.68. The summed E-state index contributed by atoms with van der Waals surface area (Å²) in [5, 5.41) is 2.50. The number of nitrogens with zero attached hydrogens (tertiary/aromatic N) is 1. The van der Waals surface area contributed by atoms with Crippen LogP contribution < -0.4 is 10.1 Å². The molecular formula is C18H20N2O6S. The van der Waals surface area contributed by atoms with Gasteiger partial charge in [-0.25, -0.2) is 17.5 Å². The normalized spacial score (nSPS) is 11.1. The average molecular weight is 392 g/mol. The van der Waals surface area contributed by atoms with Gasteiger partial charge in [-0.3, -0.25) is 4.79 Å². The second-order valence-corrected chi connectivity index (χ2v) is 7.79. The first-order valence-corrected chi connectivity index (χ1v) is 9.32. The molecule has 1 N–H and O–H groups in total. The Kier molecular flexibility index (Phi) is 6.54. The fraction of sp³-hybridized carbons (Fsp3) is 0.222. The Balaban J connectivity index is 2.11. The number of sulfonamides is 1. The van der Waals surface area contributed by atoms with E-state index < -0.39 is 28.5 Å². The zero-order chi connectivity index (χ0) is 20.0. The molecule has 0 aliphatic carbocycles. The number of carbonyl (C=O) groups excluding carboxylic acids is 2. The van der Waals surface area contributed by atoms with E-state index in [0.717, 1.165) is 4.31 Å². The maximum Gasteiger partial charge on any atom is 0.338 e. The Hall–Kier alpha value is -2.91. The van der Waals surface area contributed by atoms with Gasteiger partial charge in [0.2, 0.25) is 10.0 Å². The Labute approximate surface area is 157 Å². The first-order valence-electron chi connectivity index (χ1n) is 7.88. The van der Waals surface area contributed by atoms with Crippen LogP contribution in [0.5, 0.6) is 5.75 Å². The number of anilines is 1. The van der Waals surface area contributed by atoms with Crippen molar-refractivity contribution in [3.05, 3.63) is 54.1 Å². The number of ether oxygens (including phenoxy) is 2. The molecule has 0 radical (unpaired) electrons. The van der Waals surface area contributed by atoms with Crippen molar-refractivity contribution in [2.75, 3.05) is 33.1 Å². The summed E-state index contributed by atoms with van der Waals surface area (Å²) in [6.45, 7) is -0.526. The van der Waals surface area contributed by atoms with E-state index in [2.05, 4.69) is 5.32 Å². The maximum atomic E-state index is 12.2. The van der Waals surface area contributed by atoms with Gasteiger partial charge in [-0.15, -0.1) is 0 Å². The minimum Gasteiger partial charge on any atom is -0.495 e. The van der Waals surface area contributed by atoms with Crippen LogP contribution in [0.25, 0.3) is 0 Å². The van der Waals surface area contributed by atoms with Gasteiger partial charge in [-0.1, -0.05) is 18.2 Å². The molecule has 0 atom stereocenters. The third-order valence-electron chi connectivity index (χ3n) is 3.57. The highest BCUT2D eigenvalue weighted by atomic mass is 32.2. The van der Waals surface area contributed by atoms with Gasteiger partial charge in [0, 0.05) is 14.1 Å². The van der Waals surface area contributed by atoms with Crippen LogP contribution in [0.4, 0.5) is 5.69 Å². The van der Waals surface area contributed by atoms with E-state index in [1.165, 1.54) is 39.4 Å². The summed E-state index contributed by atoms with van der Waals surface area (Å²) in [7, 11) is 0.516. The molecule has 2 rings (SSSR count). The van der Waals surface area contributed by atoms with Crippen LogP contribution in [0.15, 0.2) is 53.4 Å². The number of hydrogen-bond acceptors (Lipinski definition) is 6. The van der Waals surface area contributed by atoms with Crippen LogP contribution in [0.3, 0.4) is 0 Å². The molecule has 8 nitrogen and oxygen atoms in total. The SMILES string of the molecule is COc1ccc(S(=O)(=O)N(C)C)cc1NC(=O)COC(=O)c1ccccc1. The van der Waals surface area contributed by atoms with Crippen molar-refractivity contribution in [1.82, 2.24) is 4.31 Å².